The molecule has 178 valence electrons. The molecule has 34 heavy (non-hydrogen) atoms. The molecule has 9 heteroatoms. The summed E-state index contributed by atoms with van der Waals surface area (Å²) in [5.74, 6) is 1.71. The lowest BCUT2D eigenvalue weighted by atomic mass is 10.1. The molecule has 9 nitrogen and oxygen atoms in total. The van der Waals surface area contributed by atoms with E-state index in [0.717, 1.165) is 48.0 Å². The summed E-state index contributed by atoms with van der Waals surface area (Å²) in [6.45, 7) is 2.29. The van der Waals surface area contributed by atoms with E-state index >= 15 is 0 Å². The Morgan fingerprint density at radius 2 is 1.85 bits per heavy atom. The van der Waals surface area contributed by atoms with Gasteiger partial charge in [-0.15, -0.1) is 0 Å². The first kappa shape index (κ1) is 23.4. The maximum atomic E-state index is 13.2. The van der Waals surface area contributed by atoms with Crippen LogP contribution in [0.2, 0.25) is 0 Å². The minimum atomic E-state index is -0.0631. The molecule has 3 aromatic rings. The van der Waals surface area contributed by atoms with Crippen LogP contribution in [-0.2, 0) is 6.54 Å². The van der Waals surface area contributed by atoms with Crippen molar-refractivity contribution in [2.75, 3.05) is 58.3 Å². The van der Waals surface area contributed by atoms with Gasteiger partial charge in [0.25, 0.3) is 11.8 Å². The number of hydrogen-bond acceptors (Lipinski definition) is 8. The zero-order valence-corrected chi connectivity index (χ0v) is 20.3. The first-order valence-electron chi connectivity index (χ1n) is 11.1. The van der Waals surface area contributed by atoms with Crippen molar-refractivity contribution >= 4 is 17.4 Å². The number of anilines is 2. The Hall–Kier alpha value is -3.72. The van der Waals surface area contributed by atoms with E-state index < -0.39 is 0 Å². The molecule has 0 spiro atoms. The maximum Gasteiger partial charge on any atom is 0.260 e. The minimum absolute atomic E-state index is 0.0631. The molecular formula is C25H30N6O3. The smallest absolute Gasteiger partial charge is 0.260 e. The van der Waals surface area contributed by atoms with Crippen molar-refractivity contribution < 1.29 is 14.3 Å². The van der Waals surface area contributed by atoms with Gasteiger partial charge in [0, 0.05) is 43.3 Å². The monoisotopic (exact) mass is 462 g/mol. The molecule has 0 radical (unpaired) electrons. The van der Waals surface area contributed by atoms with Crippen LogP contribution in [0.3, 0.4) is 0 Å². The second-order valence-electron chi connectivity index (χ2n) is 8.47. The number of rotatable bonds is 9. The molecule has 1 aliphatic rings. The van der Waals surface area contributed by atoms with Crippen molar-refractivity contribution in [1.29, 1.82) is 0 Å². The van der Waals surface area contributed by atoms with Gasteiger partial charge >= 0.3 is 0 Å². The molecule has 0 aliphatic carbocycles. The molecule has 1 aliphatic heterocycles. The Morgan fingerprint density at radius 1 is 1.03 bits per heavy atom. The van der Waals surface area contributed by atoms with E-state index in [-0.39, 0.29) is 5.91 Å². The van der Waals surface area contributed by atoms with Crippen molar-refractivity contribution in [2.45, 2.75) is 13.0 Å². The highest BCUT2D eigenvalue weighted by Gasteiger charge is 2.30. The Labute approximate surface area is 200 Å². The molecule has 0 unspecified atom stereocenters. The average Bonchev–Trinajstić information content (AvgIpc) is 3.19. The van der Waals surface area contributed by atoms with Crippen molar-refractivity contribution in [3.63, 3.8) is 0 Å². The number of pyridine rings is 3. The third-order valence-corrected chi connectivity index (χ3v) is 5.82. The summed E-state index contributed by atoms with van der Waals surface area (Å²) in [4.78, 5) is 32.7. The van der Waals surface area contributed by atoms with E-state index in [1.165, 1.54) is 0 Å². The molecule has 0 fully saturated rings. The molecule has 0 aromatic carbocycles. The number of carbonyl (C=O) groups is 1. The summed E-state index contributed by atoms with van der Waals surface area (Å²) in [6, 6.07) is 9.31. The Balaban J connectivity index is 1.54. The van der Waals surface area contributed by atoms with Gasteiger partial charge in [-0.05, 0) is 51.3 Å². The highest BCUT2D eigenvalue weighted by molar-refractivity contribution is 6.09. The van der Waals surface area contributed by atoms with Crippen LogP contribution in [0, 0.1) is 0 Å². The van der Waals surface area contributed by atoms with Crippen LogP contribution >= 0.6 is 0 Å². The Kier molecular flexibility index (Phi) is 6.93. The van der Waals surface area contributed by atoms with E-state index in [9.17, 15) is 4.79 Å². The SMILES string of the molecule is COc1cc(-c2ccc3c(n2)CN(c2ccnc(N(C)CCCN(C)C)c2)C3=O)cnc1OC. The molecule has 0 saturated carbocycles. The zero-order valence-electron chi connectivity index (χ0n) is 20.3. The van der Waals surface area contributed by atoms with Crippen molar-refractivity contribution in [3.05, 3.63) is 54.0 Å². The van der Waals surface area contributed by atoms with Crippen LogP contribution in [0.1, 0.15) is 22.5 Å². The van der Waals surface area contributed by atoms with Gasteiger partial charge in [-0.3, -0.25) is 9.78 Å². The Morgan fingerprint density at radius 3 is 2.59 bits per heavy atom. The standard InChI is InChI=1S/C25H30N6O3/c1-29(2)11-6-12-30(3)23-14-18(9-10-26-23)31-16-21-19(25(31)32)7-8-20(28-21)17-13-22(33-4)24(34-5)27-15-17/h7-10,13-15H,6,11-12,16H2,1-5H3. The highest BCUT2D eigenvalue weighted by atomic mass is 16.5. The molecule has 4 rings (SSSR count). The number of carbonyl (C=O) groups excluding carboxylic acids is 1. The molecule has 0 bridgehead atoms. The third kappa shape index (κ3) is 4.79. The van der Waals surface area contributed by atoms with E-state index in [4.69, 9.17) is 14.5 Å². The van der Waals surface area contributed by atoms with Gasteiger partial charge in [-0.2, -0.15) is 0 Å². The van der Waals surface area contributed by atoms with Gasteiger partial charge in [0.15, 0.2) is 5.75 Å². The van der Waals surface area contributed by atoms with Crippen LogP contribution in [0.15, 0.2) is 42.7 Å². The van der Waals surface area contributed by atoms with Gasteiger partial charge in [-0.25, -0.2) is 9.97 Å². The Bertz CT molecular complexity index is 1180. The van der Waals surface area contributed by atoms with E-state index in [1.807, 2.05) is 37.4 Å². The normalized spacial score (nSPS) is 12.8. The van der Waals surface area contributed by atoms with Crippen molar-refractivity contribution in [1.82, 2.24) is 19.9 Å². The molecule has 3 aromatic heterocycles. The predicted molar refractivity (Wildman–Crippen MR) is 132 cm³/mol. The van der Waals surface area contributed by atoms with E-state index in [1.54, 1.807) is 31.5 Å². The molecule has 4 heterocycles. The van der Waals surface area contributed by atoms with Gasteiger partial charge in [0.1, 0.15) is 5.82 Å². The van der Waals surface area contributed by atoms with Crippen LogP contribution in [0.25, 0.3) is 11.3 Å². The van der Waals surface area contributed by atoms with Crippen LogP contribution in [0.4, 0.5) is 11.5 Å². The fourth-order valence-electron chi connectivity index (χ4n) is 3.95. The third-order valence-electron chi connectivity index (χ3n) is 5.82. The lowest BCUT2D eigenvalue weighted by Crippen LogP contribution is -2.26. The predicted octanol–water partition coefficient (Wildman–Crippen LogP) is 3.10. The average molecular weight is 463 g/mol. The number of amides is 1. The largest absolute Gasteiger partial charge is 0.491 e. The number of ether oxygens (including phenoxy) is 2. The molecule has 0 N–H and O–H groups in total. The lowest BCUT2D eigenvalue weighted by Gasteiger charge is -2.22. The first-order chi connectivity index (χ1) is 16.4. The molecule has 0 saturated heterocycles. The maximum absolute atomic E-state index is 13.2. The van der Waals surface area contributed by atoms with Crippen molar-refractivity contribution in [3.8, 4) is 22.9 Å². The number of hydrogen-bond donors (Lipinski definition) is 0. The first-order valence-corrected chi connectivity index (χ1v) is 11.1. The van der Waals surface area contributed by atoms with Crippen LogP contribution in [-0.4, -0.2) is 74.2 Å². The van der Waals surface area contributed by atoms with Crippen molar-refractivity contribution in [2.24, 2.45) is 0 Å². The summed E-state index contributed by atoms with van der Waals surface area (Å²) >= 11 is 0. The summed E-state index contributed by atoms with van der Waals surface area (Å²) < 4.78 is 10.6. The topological polar surface area (TPSA) is 83.9 Å². The fourth-order valence-corrected chi connectivity index (χ4v) is 3.95. The van der Waals surface area contributed by atoms with Gasteiger partial charge in [-0.1, -0.05) is 0 Å². The van der Waals surface area contributed by atoms with Gasteiger partial charge < -0.3 is 24.2 Å². The summed E-state index contributed by atoms with van der Waals surface area (Å²) in [6.07, 6.45) is 4.46. The molecule has 1 amide bonds. The number of nitrogens with zero attached hydrogens (tertiary/aromatic N) is 6. The molecular weight excluding hydrogens is 432 g/mol. The van der Waals surface area contributed by atoms with E-state index in [2.05, 4.69) is 33.9 Å². The lowest BCUT2D eigenvalue weighted by molar-refractivity contribution is 0.0996. The quantitative estimate of drug-likeness (QED) is 0.480. The molecule has 0 atom stereocenters. The number of aromatic nitrogens is 3. The highest BCUT2D eigenvalue weighted by Crippen LogP contribution is 2.33. The summed E-state index contributed by atoms with van der Waals surface area (Å²) in [5.41, 5.74) is 3.65. The summed E-state index contributed by atoms with van der Waals surface area (Å²) in [7, 11) is 9.27. The van der Waals surface area contributed by atoms with Crippen LogP contribution < -0.4 is 19.3 Å². The number of methoxy groups -OCH3 is 2. The minimum Gasteiger partial charge on any atom is -0.491 e. The summed E-state index contributed by atoms with van der Waals surface area (Å²) in [5, 5.41) is 0. The second-order valence-corrected chi connectivity index (χ2v) is 8.47. The van der Waals surface area contributed by atoms with E-state index in [0.29, 0.717) is 23.7 Å². The number of fused-ring (bicyclic) bond motifs is 1. The fraction of sp³-hybridized carbons (Fsp3) is 0.360. The second kappa shape index (κ2) is 10.0. The van der Waals surface area contributed by atoms with Crippen LogP contribution in [0.5, 0.6) is 11.6 Å². The van der Waals surface area contributed by atoms with Gasteiger partial charge in [0.2, 0.25) is 0 Å². The van der Waals surface area contributed by atoms with Gasteiger partial charge in [0.05, 0.1) is 37.7 Å². The zero-order chi connectivity index (χ0) is 24.2.